The molecule has 0 saturated carbocycles. The Morgan fingerprint density at radius 2 is 2.10 bits per heavy atom. The van der Waals surface area contributed by atoms with Gasteiger partial charge in [-0.25, -0.2) is 0 Å². The third-order valence-electron chi connectivity index (χ3n) is 3.37. The van der Waals surface area contributed by atoms with E-state index < -0.39 is 5.60 Å². The number of esters is 1. The van der Waals surface area contributed by atoms with Gasteiger partial charge >= 0.3 is 5.97 Å². The Morgan fingerprint density at radius 3 is 2.70 bits per heavy atom. The van der Waals surface area contributed by atoms with Crippen LogP contribution in [-0.4, -0.2) is 24.7 Å². The van der Waals surface area contributed by atoms with Gasteiger partial charge in [-0.3, -0.25) is 4.79 Å². The fourth-order valence-electron chi connectivity index (χ4n) is 2.45. The molecule has 2 atom stereocenters. The maximum atomic E-state index is 12.3. The van der Waals surface area contributed by atoms with Crippen molar-refractivity contribution in [1.82, 2.24) is 5.32 Å². The van der Waals surface area contributed by atoms with Gasteiger partial charge in [-0.15, -0.1) is 0 Å². The lowest BCUT2D eigenvalue weighted by atomic mass is 9.88. The van der Waals surface area contributed by atoms with E-state index in [1.165, 1.54) is 0 Å². The highest BCUT2D eigenvalue weighted by atomic mass is 35.5. The lowest BCUT2D eigenvalue weighted by molar-refractivity contribution is -0.159. The summed E-state index contributed by atoms with van der Waals surface area (Å²) in [6, 6.07) is 5.54. The average molecular weight is 297 g/mol. The number of carbonyl (C=O) groups excluding carboxylic acids is 1. The van der Waals surface area contributed by atoms with Crippen LogP contribution in [0.4, 0.5) is 5.69 Å². The van der Waals surface area contributed by atoms with Crippen molar-refractivity contribution in [3.8, 4) is 0 Å². The first-order valence-electron chi connectivity index (χ1n) is 6.76. The minimum absolute atomic E-state index is 0.0735. The Kier molecular flexibility index (Phi) is 4.25. The highest BCUT2D eigenvalue weighted by molar-refractivity contribution is 6.33. The summed E-state index contributed by atoms with van der Waals surface area (Å²) in [5.41, 5.74) is 6.94. The third-order valence-corrected chi connectivity index (χ3v) is 3.72. The van der Waals surface area contributed by atoms with E-state index in [4.69, 9.17) is 22.1 Å². The van der Waals surface area contributed by atoms with Gasteiger partial charge in [-0.2, -0.15) is 0 Å². The first-order chi connectivity index (χ1) is 9.28. The lowest BCUT2D eigenvalue weighted by Gasteiger charge is -2.24. The Morgan fingerprint density at radius 1 is 1.40 bits per heavy atom. The van der Waals surface area contributed by atoms with E-state index in [1.54, 1.807) is 6.07 Å². The normalized spacial score (nSPS) is 22.8. The second-order valence-corrected chi connectivity index (χ2v) is 6.59. The van der Waals surface area contributed by atoms with E-state index in [0.29, 0.717) is 17.3 Å². The Labute approximate surface area is 124 Å². The van der Waals surface area contributed by atoms with Crippen LogP contribution in [0.5, 0.6) is 0 Å². The summed E-state index contributed by atoms with van der Waals surface area (Å²) in [5, 5.41) is 3.78. The summed E-state index contributed by atoms with van der Waals surface area (Å²) in [4.78, 5) is 12.3. The van der Waals surface area contributed by atoms with Crippen molar-refractivity contribution >= 4 is 23.3 Å². The van der Waals surface area contributed by atoms with Crippen molar-refractivity contribution in [3.05, 3.63) is 28.8 Å². The van der Waals surface area contributed by atoms with Gasteiger partial charge in [-0.05, 0) is 38.5 Å². The first kappa shape index (κ1) is 15.1. The number of hydrogen-bond donors (Lipinski definition) is 2. The average Bonchev–Trinajstić information content (AvgIpc) is 2.79. The van der Waals surface area contributed by atoms with Crippen molar-refractivity contribution in [1.29, 1.82) is 0 Å². The van der Waals surface area contributed by atoms with Crippen LogP contribution >= 0.6 is 11.6 Å². The molecule has 1 aliphatic rings. The zero-order chi connectivity index (χ0) is 14.9. The van der Waals surface area contributed by atoms with E-state index in [-0.39, 0.29) is 17.8 Å². The zero-order valence-electron chi connectivity index (χ0n) is 12.1. The predicted molar refractivity (Wildman–Crippen MR) is 80.8 cm³/mol. The summed E-state index contributed by atoms with van der Waals surface area (Å²) >= 11 is 5.94. The molecule has 1 aromatic rings. The van der Waals surface area contributed by atoms with Crippen LogP contribution in [-0.2, 0) is 9.53 Å². The third kappa shape index (κ3) is 3.44. The van der Waals surface area contributed by atoms with Crippen LogP contribution in [0, 0.1) is 5.92 Å². The second-order valence-electron chi connectivity index (χ2n) is 6.19. The first-order valence-corrected chi connectivity index (χ1v) is 7.14. The van der Waals surface area contributed by atoms with E-state index in [2.05, 4.69) is 5.32 Å². The maximum absolute atomic E-state index is 12.3. The minimum atomic E-state index is -0.469. The van der Waals surface area contributed by atoms with Gasteiger partial charge in [0, 0.05) is 19.0 Å². The van der Waals surface area contributed by atoms with Crippen LogP contribution < -0.4 is 11.1 Å². The van der Waals surface area contributed by atoms with Gasteiger partial charge in [0.15, 0.2) is 0 Å². The maximum Gasteiger partial charge on any atom is 0.311 e. The van der Waals surface area contributed by atoms with Crippen molar-refractivity contribution in [2.75, 3.05) is 18.8 Å². The molecule has 5 heteroatoms. The number of nitrogens with one attached hydrogen (secondary N) is 1. The highest BCUT2D eigenvalue weighted by Crippen LogP contribution is 2.33. The van der Waals surface area contributed by atoms with E-state index >= 15 is 0 Å². The van der Waals surface area contributed by atoms with Gasteiger partial charge in [0.1, 0.15) is 5.60 Å². The van der Waals surface area contributed by atoms with Gasteiger partial charge in [0.25, 0.3) is 0 Å². The molecule has 2 rings (SSSR count). The van der Waals surface area contributed by atoms with Gasteiger partial charge < -0.3 is 15.8 Å². The van der Waals surface area contributed by atoms with Crippen LogP contribution in [0.15, 0.2) is 18.2 Å². The summed E-state index contributed by atoms with van der Waals surface area (Å²) in [6.07, 6.45) is 0. The molecule has 1 heterocycles. The van der Waals surface area contributed by atoms with Crippen LogP contribution in [0.2, 0.25) is 5.02 Å². The molecule has 0 unspecified atom stereocenters. The fourth-order valence-corrected chi connectivity index (χ4v) is 2.56. The van der Waals surface area contributed by atoms with Crippen LogP contribution in [0.3, 0.4) is 0 Å². The molecule has 0 amide bonds. The summed E-state index contributed by atoms with van der Waals surface area (Å²) in [7, 11) is 0. The number of ether oxygens (including phenoxy) is 1. The molecule has 1 aromatic carbocycles. The molecule has 1 aliphatic heterocycles. The molecule has 1 saturated heterocycles. The number of benzene rings is 1. The molecule has 0 aromatic heterocycles. The Balaban J connectivity index is 2.18. The number of anilines is 1. The molecular formula is C15H21ClN2O2. The molecule has 0 radical (unpaired) electrons. The molecule has 0 bridgehead atoms. The fraction of sp³-hybridized carbons (Fsp3) is 0.533. The van der Waals surface area contributed by atoms with Crippen molar-refractivity contribution in [2.45, 2.75) is 32.3 Å². The SMILES string of the molecule is CC(C)(C)OC(=O)[C@@H]1CNC[C@H]1c1ccc(Cl)c(N)c1. The van der Waals surface area contributed by atoms with Gasteiger partial charge in [0.2, 0.25) is 0 Å². The van der Waals surface area contributed by atoms with Crippen LogP contribution in [0.25, 0.3) is 0 Å². The van der Waals surface area contributed by atoms with Crippen LogP contribution in [0.1, 0.15) is 32.3 Å². The standard InChI is InChI=1S/C15H21ClN2O2/c1-15(2,3)20-14(19)11-8-18-7-10(11)9-4-5-12(16)13(17)6-9/h4-6,10-11,18H,7-8,17H2,1-3H3/t10-,11+/m0/s1. The van der Waals surface area contributed by atoms with E-state index in [0.717, 1.165) is 12.1 Å². The molecule has 110 valence electrons. The number of halogens is 1. The monoisotopic (exact) mass is 296 g/mol. The van der Waals surface area contributed by atoms with Crippen molar-refractivity contribution < 1.29 is 9.53 Å². The predicted octanol–water partition coefficient (Wildman–Crippen LogP) is 2.57. The number of nitrogens with two attached hydrogens (primary N) is 1. The zero-order valence-corrected chi connectivity index (χ0v) is 12.8. The quantitative estimate of drug-likeness (QED) is 0.650. The van der Waals surface area contributed by atoms with Crippen molar-refractivity contribution in [2.24, 2.45) is 5.92 Å². The number of carbonyl (C=O) groups is 1. The molecule has 3 N–H and O–H groups in total. The molecular weight excluding hydrogens is 276 g/mol. The summed E-state index contributed by atoms with van der Waals surface area (Å²) in [6.45, 7) is 7.00. The van der Waals surface area contributed by atoms with Gasteiger partial charge in [0.05, 0.1) is 16.6 Å². The summed E-state index contributed by atoms with van der Waals surface area (Å²) in [5.74, 6) is -0.278. The number of rotatable bonds is 2. The Hall–Kier alpha value is -1.26. The van der Waals surface area contributed by atoms with Crippen molar-refractivity contribution in [3.63, 3.8) is 0 Å². The largest absolute Gasteiger partial charge is 0.460 e. The summed E-state index contributed by atoms with van der Waals surface area (Å²) < 4.78 is 5.49. The minimum Gasteiger partial charge on any atom is -0.460 e. The molecule has 4 nitrogen and oxygen atoms in total. The molecule has 20 heavy (non-hydrogen) atoms. The number of nitrogen functional groups attached to an aromatic ring is 1. The second kappa shape index (κ2) is 5.62. The molecule has 1 fully saturated rings. The molecule has 0 spiro atoms. The highest BCUT2D eigenvalue weighted by Gasteiger charge is 2.36. The van der Waals surface area contributed by atoms with E-state index in [1.807, 2.05) is 32.9 Å². The topological polar surface area (TPSA) is 64.3 Å². The Bertz CT molecular complexity index is 511. The molecule has 0 aliphatic carbocycles. The lowest BCUT2D eigenvalue weighted by Crippen LogP contribution is -2.31. The van der Waals surface area contributed by atoms with E-state index in [9.17, 15) is 4.79 Å². The van der Waals surface area contributed by atoms with Gasteiger partial charge in [-0.1, -0.05) is 17.7 Å². The number of hydrogen-bond acceptors (Lipinski definition) is 4. The smallest absolute Gasteiger partial charge is 0.311 e.